The highest BCUT2D eigenvalue weighted by Crippen LogP contribution is 2.46. The van der Waals surface area contributed by atoms with Crippen molar-refractivity contribution >= 4 is 80.5 Å². The first-order valence-corrected chi connectivity index (χ1v) is 15.1. The van der Waals surface area contributed by atoms with E-state index in [0.717, 1.165) is 16.9 Å². The van der Waals surface area contributed by atoms with Crippen molar-refractivity contribution < 1.29 is 24.2 Å². The average molecular weight is 647 g/mol. The topological polar surface area (TPSA) is 102 Å². The third kappa shape index (κ3) is 5.50. The molecule has 0 saturated carbocycles. The molecule has 3 aromatic carbocycles. The molecule has 0 aliphatic carbocycles. The summed E-state index contributed by atoms with van der Waals surface area (Å²) in [6.45, 7) is 0.748. The van der Waals surface area contributed by atoms with Crippen LogP contribution in [0.25, 0.3) is 5.76 Å². The van der Waals surface area contributed by atoms with Crippen LogP contribution in [0, 0.1) is 0 Å². The van der Waals surface area contributed by atoms with Crippen LogP contribution < -0.4 is 14.4 Å². The minimum absolute atomic E-state index is 0.151. The van der Waals surface area contributed by atoms with E-state index in [1.165, 1.54) is 22.7 Å². The molecule has 3 heterocycles. The van der Waals surface area contributed by atoms with Crippen LogP contribution >= 0.6 is 57.9 Å². The van der Waals surface area contributed by atoms with Crippen molar-refractivity contribution in [3.8, 4) is 11.5 Å². The second-order valence-electron chi connectivity index (χ2n) is 8.96. The second-order valence-corrected chi connectivity index (χ2v) is 12.4. The number of aliphatic hydroxyl groups excluding tert-OH is 1. The summed E-state index contributed by atoms with van der Waals surface area (Å²) in [5.74, 6) is -0.614. The maximum atomic E-state index is 13.5. The number of Topliss-reactive ketones (excluding diaryl/α,β-unsaturated/α-hetero) is 1. The van der Waals surface area contributed by atoms with Gasteiger partial charge in [0.1, 0.15) is 19.0 Å². The smallest absolute Gasteiger partial charge is 0.301 e. The molecule has 1 atom stereocenters. The summed E-state index contributed by atoms with van der Waals surface area (Å²) in [5, 5.41) is 21.3. The number of thioether (sulfide) groups is 1. The van der Waals surface area contributed by atoms with Gasteiger partial charge in [0.2, 0.25) is 5.13 Å². The van der Waals surface area contributed by atoms with Crippen LogP contribution in [0.5, 0.6) is 11.5 Å². The van der Waals surface area contributed by atoms with E-state index in [4.69, 9.17) is 44.3 Å². The zero-order valence-electron chi connectivity index (χ0n) is 20.8. The van der Waals surface area contributed by atoms with Crippen LogP contribution in [0.3, 0.4) is 0 Å². The van der Waals surface area contributed by atoms with Crippen LogP contribution in [0.15, 0.2) is 70.6 Å². The number of halogens is 3. The van der Waals surface area contributed by atoms with Gasteiger partial charge in [-0.25, -0.2) is 0 Å². The number of benzene rings is 3. The summed E-state index contributed by atoms with van der Waals surface area (Å²) in [7, 11) is 0. The third-order valence-corrected chi connectivity index (χ3v) is 9.34. The van der Waals surface area contributed by atoms with Crippen molar-refractivity contribution in [2.75, 3.05) is 18.1 Å². The average Bonchev–Trinajstić information content (AvgIpc) is 3.54. The lowest BCUT2D eigenvalue weighted by molar-refractivity contribution is -0.132. The van der Waals surface area contributed by atoms with Gasteiger partial charge in [-0.2, -0.15) is 0 Å². The number of rotatable bonds is 6. The number of ketones is 1. The van der Waals surface area contributed by atoms with Crippen molar-refractivity contribution in [3.63, 3.8) is 0 Å². The summed E-state index contributed by atoms with van der Waals surface area (Å²) in [5.41, 5.74) is 1.55. The molecule has 0 bridgehead atoms. The molecule has 1 aromatic heterocycles. The predicted octanol–water partition coefficient (Wildman–Crippen LogP) is 7.19. The molecule has 4 aromatic rings. The number of aliphatic hydroxyl groups is 1. The number of hydrogen-bond acceptors (Lipinski definition) is 9. The molecule has 208 valence electrons. The van der Waals surface area contributed by atoms with Crippen LogP contribution in [-0.4, -0.2) is 40.2 Å². The van der Waals surface area contributed by atoms with Gasteiger partial charge in [0, 0.05) is 26.4 Å². The molecule has 0 radical (unpaired) electrons. The van der Waals surface area contributed by atoms with E-state index in [2.05, 4.69) is 10.2 Å². The Morgan fingerprint density at radius 3 is 2.44 bits per heavy atom. The van der Waals surface area contributed by atoms with Crippen LogP contribution in [-0.2, 0) is 15.3 Å². The van der Waals surface area contributed by atoms with Crippen LogP contribution in [0.1, 0.15) is 22.7 Å². The molecular formula is C28H18Cl3N3O5S2. The molecule has 6 rings (SSSR count). The highest BCUT2D eigenvalue weighted by molar-refractivity contribution is 8.00. The largest absolute Gasteiger partial charge is 0.507 e. The molecule has 2 aliphatic heterocycles. The normalized spacial score (nSPS) is 17.7. The quantitative estimate of drug-likeness (QED) is 0.0773. The summed E-state index contributed by atoms with van der Waals surface area (Å²) in [4.78, 5) is 28.2. The Kier molecular flexibility index (Phi) is 7.84. The van der Waals surface area contributed by atoms with Crippen molar-refractivity contribution in [2.24, 2.45) is 0 Å². The lowest BCUT2D eigenvalue weighted by Gasteiger charge is -2.24. The highest BCUT2D eigenvalue weighted by Gasteiger charge is 2.49. The van der Waals surface area contributed by atoms with E-state index >= 15 is 0 Å². The number of fused-ring (bicyclic) bond motifs is 1. The van der Waals surface area contributed by atoms with Gasteiger partial charge in [-0.1, -0.05) is 76.1 Å². The first kappa shape index (κ1) is 27.9. The van der Waals surface area contributed by atoms with Gasteiger partial charge in [0.05, 0.1) is 11.6 Å². The minimum atomic E-state index is -1.09. The first-order valence-electron chi connectivity index (χ1n) is 12.2. The van der Waals surface area contributed by atoms with Crippen molar-refractivity contribution in [1.82, 2.24) is 10.2 Å². The second kappa shape index (κ2) is 11.5. The van der Waals surface area contributed by atoms with Gasteiger partial charge in [0.25, 0.3) is 5.78 Å². The zero-order chi connectivity index (χ0) is 28.7. The monoisotopic (exact) mass is 645 g/mol. The maximum Gasteiger partial charge on any atom is 0.301 e. The fourth-order valence-corrected chi connectivity index (χ4v) is 6.94. The molecule has 0 spiro atoms. The molecule has 1 N–H and O–H groups in total. The van der Waals surface area contributed by atoms with Crippen LogP contribution in [0.2, 0.25) is 15.1 Å². The Morgan fingerprint density at radius 1 is 0.951 bits per heavy atom. The number of hydrogen-bond donors (Lipinski definition) is 1. The lowest BCUT2D eigenvalue weighted by Crippen LogP contribution is -2.29. The number of amides is 1. The number of ether oxygens (including phenoxy) is 2. The molecule has 2 aliphatic rings. The Labute approximate surface area is 257 Å². The Hall–Kier alpha value is -3.28. The zero-order valence-corrected chi connectivity index (χ0v) is 24.7. The SMILES string of the molecule is O=C1C(=O)N(c2nnc(SCc3ccc(Cl)cc3)s2)C(c2ccc(Cl)cc2Cl)/C1=C(\O)c1ccc2c(c1)OCCO2. The van der Waals surface area contributed by atoms with Gasteiger partial charge in [-0.05, 0) is 53.6 Å². The molecule has 1 fully saturated rings. The number of nitrogens with zero attached hydrogens (tertiary/aromatic N) is 3. The summed E-state index contributed by atoms with van der Waals surface area (Å²) < 4.78 is 11.8. The number of anilines is 1. The highest BCUT2D eigenvalue weighted by atomic mass is 35.5. The molecule has 13 heteroatoms. The summed E-state index contributed by atoms with van der Waals surface area (Å²) in [6, 6.07) is 15.9. The lowest BCUT2D eigenvalue weighted by atomic mass is 9.95. The van der Waals surface area contributed by atoms with E-state index in [1.807, 2.05) is 12.1 Å². The third-order valence-electron chi connectivity index (χ3n) is 6.39. The van der Waals surface area contributed by atoms with Gasteiger partial charge >= 0.3 is 5.91 Å². The van der Waals surface area contributed by atoms with Crippen molar-refractivity contribution in [2.45, 2.75) is 16.1 Å². The molecule has 1 amide bonds. The van der Waals surface area contributed by atoms with E-state index < -0.39 is 17.7 Å². The molecular weight excluding hydrogens is 629 g/mol. The van der Waals surface area contributed by atoms with Gasteiger partial charge in [-0.3, -0.25) is 14.5 Å². The maximum absolute atomic E-state index is 13.5. The van der Waals surface area contributed by atoms with E-state index in [9.17, 15) is 14.7 Å². The molecule has 41 heavy (non-hydrogen) atoms. The van der Waals surface area contributed by atoms with Gasteiger partial charge in [-0.15, -0.1) is 10.2 Å². The Balaban J connectivity index is 1.40. The van der Waals surface area contributed by atoms with E-state index in [1.54, 1.807) is 42.5 Å². The van der Waals surface area contributed by atoms with Crippen molar-refractivity contribution in [1.29, 1.82) is 0 Å². The Bertz CT molecular complexity index is 1710. The molecule has 1 saturated heterocycles. The minimum Gasteiger partial charge on any atom is -0.507 e. The predicted molar refractivity (Wildman–Crippen MR) is 160 cm³/mol. The fraction of sp³-hybridized carbons (Fsp3) is 0.143. The summed E-state index contributed by atoms with van der Waals surface area (Å²) in [6.07, 6.45) is 0. The van der Waals surface area contributed by atoms with Crippen molar-refractivity contribution in [3.05, 3.63) is 98.0 Å². The standard InChI is InChI=1S/C28H18Cl3N3O5S2/c29-16-4-1-14(2-5-16)13-40-28-33-32-27(41-28)34-23(18-7-6-17(30)12-19(18)31)22(25(36)26(34)37)24(35)15-3-8-20-21(11-15)39-10-9-38-20/h1-8,11-12,23,35H,9-10,13H2/b24-22+. The number of carbonyl (C=O) groups is 2. The van der Waals surface area contributed by atoms with Gasteiger partial charge in [0.15, 0.2) is 15.8 Å². The summed E-state index contributed by atoms with van der Waals surface area (Å²) >= 11 is 21.3. The van der Waals surface area contributed by atoms with E-state index in [-0.39, 0.29) is 27.0 Å². The number of aromatic nitrogens is 2. The van der Waals surface area contributed by atoms with Crippen LogP contribution in [0.4, 0.5) is 5.13 Å². The van der Waals surface area contributed by atoms with E-state index in [0.29, 0.717) is 50.4 Å². The Morgan fingerprint density at radius 2 is 1.68 bits per heavy atom. The fourth-order valence-electron chi connectivity index (χ4n) is 4.48. The molecule has 1 unspecified atom stereocenters. The van der Waals surface area contributed by atoms with Gasteiger partial charge < -0.3 is 14.6 Å². The number of carbonyl (C=O) groups excluding carboxylic acids is 2. The first-order chi connectivity index (χ1) is 19.8. The molecule has 8 nitrogen and oxygen atoms in total.